The Hall–Kier alpha value is -0.260. The second kappa shape index (κ2) is 5.39. The van der Waals surface area contributed by atoms with Crippen LogP contribution in [0.1, 0.15) is 37.5 Å². The molecule has 2 fully saturated rings. The van der Waals surface area contributed by atoms with Crippen LogP contribution in [0.5, 0.6) is 0 Å². The summed E-state index contributed by atoms with van der Waals surface area (Å²) in [6, 6.07) is 0.401. The van der Waals surface area contributed by atoms with E-state index in [-0.39, 0.29) is 5.60 Å². The van der Waals surface area contributed by atoms with Crippen molar-refractivity contribution in [2.75, 3.05) is 18.1 Å². The third-order valence-electron chi connectivity index (χ3n) is 3.98. The molecule has 1 atom stereocenters. The number of rotatable bonds is 2. The first-order chi connectivity index (χ1) is 8.83. The van der Waals surface area contributed by atoms with Gasteiger partial charge in [-0.1, -0.05) is 0 Å². The fraction of sp³-hybridized carbons (Fsp3) is 0.833. The van der Waals surface area contributed by atoms with Crippen LogP contribution >= 0.6 is 23.4 Å². The third kappa shape index (κ3) is 2.40. The number of hydrogen-bond acceptors (Lipinski definition) is 4. The van der Waals surface area contributed by atoms with Crippen molar-refractivity contribution >= 4 is 23.4 Å². The second-order valence-electron chi connectivity index (χ2n) is 5.04. The highest BCUT2D eigenvalue weighted by molar-refractivity contribution is 7.99. The zero-order valence-electron chi connectivity index (χ0n) is 10.3. The topological polar surface area (TPSA) is 39.9 Å². The summed E-state index contributed by atoms with van der Waals surface area (Å²) in [5, 5.41) is 4.35. The highest BCUT2D eigenvalue weighted by Gasteiger charge is 2.39. The fourth-order valence-corrected chi connectivity index (χ4v) is 4.41. The Kier molecular flexibility index (Phi) is 3.82. The van der Waals surface area contributed by atoms with Gasteiger partial charge in [-0.25, -0.2) is 9.67 Å². The third-order valence-corrected chi connectivity index (χ3v) is 5.21. The minimum atomic E-state index is 0.0870. The van der Waals surface area contributed by atoms with Crippen molar-refractivity contribution in [2.24, 2.45) is 0 Å². The van der Waals surface area contributed by atoms with E-state index >= 15 is 0 Å². The number of aromatic nitrogens is 3. The first kappa shape index (κ1) is 12.8. The Morgan fingerprint density at radius 1 is 1.50 bits per heavy atom. The van der Waals surface area contributed by atoms with Crippen LogP contribution in [0.25, 0.3) is 0 Å². The van der Waals surface area contributed by atoms with Crippen molar-refractivity contribution < 1.29 is 4.74 Å². The van der Waals surface area contributed by atoms with Crippen LogP contribution in [0, 0.1) is 0 Å². The lowest BCUT2D eigenvalue weighted by atomic mass is 9.85. The average Bonchev–Trinajstić information content (AvgIpc) is 2.88. The van der Waals surface area contributed by atoms with Gasteiger partial charge in [-0.3, -0.25) is 0 Å². The predicted molar refractivity (Wildman–Crippen MR) is 73.1 cm³/mol. The predicted octanol–water partition coefficient (Wildman–Crippen LogP) is 2.63. The lowest BCUT2D eigenvalue weighted by Gasteiger charge is -2.43. The Morgan fingerprint density at radius 2 is 2.33 bits per heavy atom. The minimum Gasteiger partial charge on any atom is -0.375 e. The summed E-state index contributed by atoms with van der Waals surface area (Å²) in [5.74, 6) is 3.74. The van der Waals surface area contributed by atoms with Crippen molar-refractivity contribution in [2.45, 2.75) is 43.2 Å². The maximum absolute atomic E-state index is 6.10. The maximum Gasteiger partial charge on any atom is 0.142 e. The van der Waals surface area contributed by atoms with Gasteiger partial charge >= 0.3 is 0 Å². The Balaban J connectivity index is 1.77. The van der Waals surface area contributed by atoms with Gasteiger partial charge in [0, 0.05) is 6.61 Å². The molecule has 18 heavy (non-hydrogen) atoms. The van der Waals surface area contributed by atoms with Crippen molar-refractivity contribution in [1.29, 1.82) is 0 Å². The lowest BCUT2D eigenvalue weighted by molar-refractivity contribution is -0.101. The summed E-state index contributed by atoms with van der Waals surface area (Å²) in [6.07, 6.45) is 6.01. The highest BCUT2D eigenvalue weighted by atomic mass is 35.5. The molecule has 6 heteroatoms. The summed E-state index contributed by atoms with van der Waals surface area (Å²) >= 11 is 7.95. The van der Waals surface area contributed by atoms with E-state index in [1.54, 1.807) is 6.33 Å². The zero-order valence-corrected chi connectivity index (χ0v) is 11.9. The van der Waals surface area contributed by atoms with E-state index in [1.165, 1.54) is 24.3 Å². The van der Waals surface area contributed by atoms with Gasteiger partial charge in [0.25, 0.3) is 0 Å². The Bertz CT molecular complexity index is 400. The molecule has 1 aromatic rings. The van der Waals surface area contributed by atoms with Crippen LogP contribution in [0.2, 0.25) is 0 Å². The van der Waals surface area contributed by atoms with Crippen molar-refractivity contribution in [3.8, 4) is 0 Å². The molecule has 0 N–H and O–H groups in total. The van der Waals surface area contributed by atoms with E-state index in [4.69, 9.17) is 16.3 Å². The minimum absolute atomic E-state index is 0.0870. The van der Waals surface area contributed by atoms with Gasteiger partial charge in [-0.15, -0.1) is 11.6 Å². The molecule has 2 saturated heterocycles. The van der Waals surface area contributed by atoms with Gasteiger partial charge in [-0.05, 0) is 37.2 Å². The van der Waals surface area contributed by atoms with Gasteiger partial charge in [0.15, 0.2) is 0 Å². The van der Waals surface area contributed by atoms with Gasteiger partial charge in [-0.2, -0.15) is 16.9 Å². The number of ether oxygens (including phenoxy) is 1. The van der Waals surface area contributed by atoms with E-state index in [0.717, 1.165) is 25.3 Å². The molecule has 2 aliphatic rings. The van der Waals surface area contributed by atoms with Crippen LogP contribution in [-0.2, 0) is 10.6 Å². The van der Waals surface area contributed by atoms with E-state index in [1.807, 2.05) is 16.4 Å². The standard InChI is InChI=1S/C12H18ClN3OS/c13-8-11-14-9-15-16(11)10-1-4-17-12(7-10)2-5-18-6-3-12/h9-10H,1-8H2. The first-order valence-electron chi connectivity index (χ1n) is 6.49. The molecule has 0 radical (unpaired) electrons. The van der Waals surface area contributed by atoms with E-state index in [9.17, 15) is 0 Å². The van der Waals surface area contributed by atoms with Crippen LogP contribution in [0.4, 0.5) is 0 Å². The molecule has 2 aliphatic heterocycles. The molecule has 3 heterocycles. The number of thioether (sulfide) groups is 1. The molecule has 100 valence electrons. The molecule has 1 aromatic heterocycles. The largest absolute Gasteiger partial charge is 0.375 e. The molecule has 1 unspecified atom stereocenters. The summed E-state index contributed by atoms with van der Waals surface area (Å²) in [7, 11) is 0. The quantitative estimate of drug-likeness (QED) is 0.784. The van der Waals surface area contributed by atoms with Gasteiger partial charge in [0.1, 0.15) is 12.2 Å². The molecule has 0 bridgehead atoms. The molecule has 3 rings (SSSR count). The monoisotopic (exact) mass is 287 g/mol. The van der Waals surface area contributed by atoms with Gasteiger partial charge in [0.2, 0.25) is 0 Å². The summed E-state index contributed by atoms with van der Waals surface area (Å²) in [6.45, 7) is 0.830. The maximum atomic E-state index is 6.10. The molecule has 1 spiro atoms. The van der Waals surface area contributed by atoms with Crippen LogP contribution in [-0.4, -0.2) is 38.5 Å². The fourth-order valence-electron chi connectivity index (χ4n) is 2.98. The zero-order chi connectivity index (χ0) is 12.4. The Labute approximate surface area is 116 Å². The van der Waals surface area contributed by atoms with E-state index in [2.05, 4.69) is 10.1 Å². The molecule has 4 nitrogen and oxygen atoms in total. The number of hydrogen-bond donors (Lipinski definition) is 0. The molecular formula is C12H18ClN3OS. The summed E-state index contributed by atoms with van der Waals surface area (Å²) in [5.41, 5.74) is 0.0870. The van der Waals surface area contributed by atoms with E-state index < -0.39 is 0 Å². The smallest absolute Gasteiger partial charge is 0.142 e. The van der Waals surface area contributed by atoms with Crippen molar-refractivity contribution in [3.63, 3.8) is 0 Å². The lowest BCUT2D eigenvalue weighted by Crippen LogP contribution is -2.43. The molecule has 0 aliphatic carbocycles. The summed E-state index contributed by atoms with van der Waals surface area (Å²) in [4.78, 5) is 4.22. The van der Waals surface area contributed by atoms with Crippen LogP contribution < -0.4 is 0 Å². The van der Waals surface area contributed by atoms with Crippen LogP contribution in [0.15, 0.2) is 6.33 Å². The van der Waals surface area contributed by atoms with Crippen molar-refractivity contribution in [1.82, 2.24) is 14.8 Å². The number of alkyl halides is 1. The second-order valence-corrected chi connectivity index (χ2v) is 6.54. The number of halogens is 1. The SMILES string of the molecule is ClCc1ncnn1C1CCOC2(CCSCC2)C1. The molecular weight excluding hydrogens is 270 g/mol. The molecule has 0 amide bonds. The highest BCUT2D eigenvalue weighted by Crippen LogP contribution is 2.41. The van der Waals surface area contributed by atoms with Gasteiger partial charge < -0.3 is 4.74 Å². The summed E-state index contributed by atoms with van der Waals surface area (Å²) < 4.78 is 8.11. The molecule has 0 aromatic carbocycles. The molecule has 0 saturated carbocycles. The average molecular weight is 288 g/mol. The van der Waals surface area contributed by atoms with E-state index in [0.29, 0.717) is 11.9 Å². The normalized spacial score (nSPS) is 27.5. The Morgan fingerprint density at radius 3 is 3.11 bits per heavy atom. The van der Waals surface area contributed by atoms with Crippen LogP contribution in [0.3, 0.4) is 0 Å². The van der Waals surface area contributed by atoms with Gasteiger partial charge in [0.05, 0.1) is 17.5 Å². The van der Waals surface area contributed by atoms with Crippen molar-refractivity contribution in [3.05, 3.63) is 12.2 Å². The number of nitrogens with zero attached hydrogens (tertiary/aromatic N) is 3. The first-order valence-corrected chi connectivity index (χ1v) is 8.18.